The van der Waals surface area contributed by atoms with E-state index in [1.54, 1.807) is 19.3 Å². The van der Waals surface area contributed by atoms with Gasteiger partial charge in [-0.15, -0.1) is 0 Å². The van der Waals surface area contributed by atoms with Crippen molar-refractivity contribution in [3.63, 3.8) is 0 Å². The highest BCUT2D eigenvalue weighted by Crippen LogP contribution is 3.17. The Morgan fingerprint density at radius 1 is 0.750 bits per heavy atom. The van der Waals surface area contributed by atoms with Gasteiger partial charge in [-0.05, 0) is 82.9 Å². The molecule has 0 aromatic carbocycles. The van der Waals surface area contributed by atoms with Gasteiger partial charge in [0.05, 0.1) is 0 Å². The minimum Gasteiger partial charge on any atom is -0.175 e. The second-order valence-corrected chi connectivity index (χ2v) is 9.23. The molecule has 1 heteroatoms. The first-order valence-corrected chi connectivity index (χ1v) is 8.03. The van der Waals surface area contributed by atoms with Gasteiger partial charge in [-0.25, -0.2) is 0 Å². The van der Waals surface area contributed by atoms with Crippen molar-refractivity contribution >= 4 is 12.6 Å². The van der Waals surface area contributed by atoms with Crippen molar-refractivity contribution in [3.8, 4) is 0 Å². The molecule has 0 heterocycles. The highest BCUT2D eigenvalue weighted by Gasteiger charge is 3.14. The van der Waals surface area contributed by atoms with E-state index in [1.807, 2.05) is 0 Å². The molecule has 0 bridgehead atoms. The standard InChI is InChI=1S/C15H16S/c16-12-8-3-7-9-5-1-4-2-6-10-11(12)14(7,8)15(9,10)13(4,5)6/h4-12,16H,1-3H2. The summed E-state index contributed by atoms with van der Waals surface area (Å²) < 4.78 is 0. The summed E-state index contributed by atoms with van der Waals surface area (Å²) in [7, 11) is 0. The fourth-order valence-corrected chi connectivity index (χ4v) is 11.8. The summed E-state index contributed by atoms with van der Waals surface area (Å²) in [5, 5.41) is 0.850. The first-order chi connectivity index (χ1) is 7.84. The van der Waals surface area contributed by atoms with E-state index >= 15 is 0 Å². The third-order valence-corrected chi connectivity index (χ3v) is 10.9. The predicted octanol–water partition coefficient (Wildman–Crippen LogP) is 2.45. The maximum Gasteiger partial charge on any atom is 0.00878 e. The first kappa shape index (κ1) is 7.07. The summed E-state index contributed by atoms with van der Waals surface area (Å²) in [4.78, 5) is 0. The molecule has 82 valence electrons. The van der Waals surface area contributed by atoms with E-state index in [-0.39, 0.29) is 0 Å². The van der Waals surface area contributed by atoms with Crippen LogP contribution in [0.4, 0.5) is 0 Å². The highest BCUT2D eigenvalue weighted by atomic mass is 32.1. The van der Waals surface area contributed by atoms with Crippen molar-refractivity contribution in [2.24, 2.45) is 63.6 Å². The van der Waals surface area contributed by atoms with E-state index < -0.39 is 0 Å². The van der Waals surface area contributed by atoms with Crippen molar-refractivity contribution < 1.29 is 0 Å². The van der Waals surface area contributed by atoms with E-state index in [0.717, 1.165) is 33.3 Å². The van der Waals surface area contributed by atoms with Crippen LogP contribution < -0.4 is 0 Å². The summed E-state index contributed by atoms with van der Waals surface area (Å²) in [6, 6.07) is 0. The average Bonchev–Trinajstić information content (AvgIpc) is 2.16. The summed E-state index contributed by atoms with van der Waals surface area (Å²) in [5.74, 6) is 9.72. The van der Waals surface area contributed by atoms with E-state index in [2.05, 4.69) is 0 Å². The maximum atomic E-state index is 4.95. The Hall–Kier alpha value is 0.350. The Balaban J connectivity index is 1.47. The zero-order chi connectivity index (χ0) is 9.82. The number of thiol groups is 1. The number of hydrogen-bond donors (Lipinski definition) is 1. The largest absolute Gasteiger partial charge is 0.175 e. The van der Waals surface area contributed by atoms with Crippen molar-refractivity contribution in [3.05, 3.63) is 0 Å². The van der Waals surface area contributed by atoms with Crippen LogP contribution >= 0.6 is 12.6 Å². The number of hydrogen-bond acceptors (Lipinski definition) is 1. The lowest BCUT2D eigenvalue weighted by Crippen LogP contribution is -3.15. The summed E-state index contributed by atoms with van der Waals surface area (Å²) >= 11 is 4.95. The molecular weight excluding hydrogens is 212 g/mol. The zero-order valence-electron chi connectivity index (χ0n) is 9.26. The van der Waals surface area contributed by atoms with Gasteiger partial charge in [0.2, 0.25) is 0 Å². The molecule has 12 atom stereocenters. The average molecular weight is 228 g/mol. The fourth-order valence-electron chi connectivity index (χ4n) is 11.0. The van der Waals surface area contributed by atoms with Crippen LogP contribution in [0, 0.1) is 63.6 Å². The molecule has 0 radical (unpaired) electrons. The topological polar surface area (TPSA) is 0 Å². The Morgan fingerprint density at radius 3 is 2.31 bits per heavy atom. The molecule has 8 aliphatic carbocycles. The molecule has 8 fully saturated rings. The van der Waals surface area contributed by atoms with E-state index in [0.29, 0.717) is 0 Å². The van der Waals surface area contributed by atoms with E-state index in [4.69, 9.17) is 12.6 Å². The predicted molar refractivity (Wildman–Crippen MR) is 61.8 cm³/mol. The second kappa shape index (κ2) is 1.35. The molecule has 12 unspecified atom stereocenters. The van der Waals surface area contributed by atoms with Crippen LogP contribution in [-0.4, -0.2) is 5.25 Å². The Kier molecular flexibility index (Phi) is 0.597. The quantitative estimate of drug-likeness (QED) is 0.605. The lowest BCUT2D eigenvalue weighted by Gasteiger charge is -3.17. The van der Waals surface area contributed by atoms with Crippen LogP contribution in [-0.2, 0) is 0 Å². The van der Waals surface area contributed by atoms with Gasteiger partial charge in [0, 0.05) is 5.25 Å². The van der Waals surface area contributed by atoms with Gasteiger partial charge in [-0.3, -0.25) is 0 Å². The molecule has 0 saturated heterocycles. The third kappa shape index (κ3) is 0.244. The molecule has 8 aliphatic rings. The Bertz CT molecular complexity index is 542. The van der Waals surface area contributed by atoms with Crippen molar-refractivity contribution in [2.45, 2.75) is 24.5 Å². The second-order valence-electron chi connectivity index (χ2n) is 8.63. The number of rotatable bonds is 0. The van der Waals surface area contributed by atoms with Gasteiger partial charge in [0.15, 0.2) is 0 Å². The van der Waals surface area contributed by atoms with Crippen LogP contribution in [0.1, 0.15) is 19.3 Å². The smallest absolute Gasteiger partial charge is 0.00878 e. The lowest BCUT2D eigenvalue weighted by atomic mass is 8.87. The molecule has 0 amide bonds. The van der Waals surface area contributed by atoms with Crippen LogP contribution in [0.5, 0.6) is 0 Å². The molecule has 0 aliphatic heterocycles. The summed E-state index contributed by atoms with van der Waals surface area (Å²) in [6.07, 6.45) is 4.92. The lowest BCUT2D eigenvalue weighted by molar-refractivity contribution is -0.703. The minimum atomic E-state index is 0.850. The monoisotopic (exact) mass is 228 g/mol. The van der Waals surface area contributed by atoms with Crippen molar-refractivity contribution in [1.29, 1.82) is 0 Å². The Morgan fingerprint density at radius 2 is 1.50 bits per heavy atom. The SMILES string of the molecule is SC1C2CC3C4C5CC6CC7C8C1C23C48C657. The Labute approximate surface area is 101 Å². The normalized spacial score (nSPS) is 101. The van der Waals surface area contributed by atoms with E-state index in [1.165, 1.54) is 35.5 Å². The van der Waals surface area contributed by atoms with Gasteiger partial charge in [0.25, 0.3) is 0 Å². The molecule has 3 spiro atoms. The van der Waals surface area contributed by atoms with Crippen LogP contribution in [0.3, 0.4) is 0 Å². The van der Waals surface area contributed by atoms with Gasteiger partial charge in [-0.2, -0.15) is 12.6 Å². The molecule has 0 N–H and O–H groups in total. The molecule has 16 heavy (non-hydrogen) atoms. The van der Waals surface area contributed by atoms with Crippen molar-refractivity contribution in [1.82, 2.24) is 0 Å². The fraction of sp³-hybridized carbons (Fsp3) is 1.00. The molecule has 0 aromatic rings. The van der Waals surface area contributed by atoms with Gasteiger partial charge >= 0.3 is 0 Å². The van der Waals surface area contributed by atoms with Crippen molar-refractivity contribution in [2.75, 3.05) is 0 Å². The van der Waals surface area contributed by atoms with Crippen LogP contribution in [0.15, 0.2) is 0 Å². The molecule has 8 saturated carbocycles. The van der Waals surface area contributed by atoms with E-state index in [9.17, 15) is 0 Å². The van der Waals surface area contributed by atoms with Gasteiger partial charge in [0.1, 0.15) is 0 Å². The first-order valence-electron chi connectivity index (χ1n) is 7.52. The van der Waals surface area contributed by atoms with Gasteiger partial charge < -0.3 is 0 Å². The van der Waals surface area contributed by atoms with Crippen LogP contribution in [0.25, 0.3) is 0 Å². The zero-order valence-corrected chi connectivity index (χ0v) is 10.2. The highest BCUT2D eigenvalue weighted by molar-refractivity contribution is 7.81. The molecule has 0 aromatic heterocycles. The summed E-state index contributed by atoms with van der Waals surface area (Å²) in [5.41, 5.74) is 3.02. The minimum absolute atomic E-state index is 0.850. The molecular formula is C15H16S. The van der Waals surface area contributed by atoms with Gasteiger partial charge in [-0.1, -0.05) is 0 Å². The number of fused-ring (bicyclic) bond motifs is 4. The molecule has 8 rings (SSSR count). The summed E-state index contributed by atoms with van der Waals surface area (Å²) in [6.45, 7) is 0. The van der Waals surface area contributed by atoms with Crippen LogP contribution in [0.2, 0.25) is 0 Å². The maximum absolute atomic E-state index is 4.95. The third-order valence-electron chi connectivity index (χ3n) is 10.2. The molecule has 0 nitrogen and oxygen atoms in total.